The van der Waals surface area contributed by atoms with Crippen LogP contribution in [0.5, 0.6) is 0 Å². The topological polar surface area (TPSA) is 52.6 Å². The monoisotopic (exact) mass is 214 g/mol. The third-order valence-electron chi connectivity index (χ3n) is 3.39. The molecule has 1 aliphatic heterocycles. The molecule has 2 N–H and O–H groups in total. The van der Waals surface area contributed by atoms with Crippen molar-refractivity contribution in [3.8, 4) is 0 Å². The molecule has 15 heavy (non-hydrogen) atoms. The molecule has 0 aromatic heterocycles. The van der Waals surface area contributed by atoms with Crippen molar-refractivity contribution in [2.75, 3.05) is 20.2 Å². The average molecular weight is 214 g/mol. The molecule has 1 heterocycles. The molecule has 1 aliphatic rings. The second kappa shape index (κ2) is 4.94. The van der Waals surface area contributed by atoms with E-state index in [0.717, 1.165) is 19.4 Å². The predicted molar refractivity (Wildman–Crippen MR) is 59.6 cm³/mol. The van der Waals surface area contributed by atoms with Gasteiger partial charge in [0.1, 0.15) is 0 Å². The van der Waals surface area contributed by atoms with Crippen molar-refractivity contribution in [2.45, 2.75) is 44.7 Å². The largest absolute Gasteiger partial charge is 0.396 e. The van der Waals surface area contributed by atoms with Crippen molar-refractivity contribution < 1.29 is 9.90 Å². The first-order valence-electron chi connectivity index (χ1n) is 5.66. The molecule has 0 aromatic rings. The molecule has 0 spiro atoms. The maximum absolute atomic E-state index is 11.7. The van der Waals surface area contributed by atoms with Crippen LogP contribution in [0.25, 0.3) is 0 Å². The molecule has 88 valence electrons. The first kappa shape index (κ1) is 12.5. The number of aliphatic hydroxyl groups is 1. The minimum atomic E-state index is -0.125. The van der Waals surface area contributed by atoms with Gasteiger partial charge in [-0.1, -0.05) is 6.92 Å². The van der Waals surface area contributed by atoms with Crippen LogP contribution in [0.1, 0.15) is 33.1 Å². The van der Waals surface area contributed by atoms with Crippen LogP contribution < -0.4 is 5.32 Å². The Balaban J connectivity index is 2.56. The molecule has 0 bridgehead atoms. The van der Waals surface area contributed by atoms with E-state index in [4.69, 9.17) is 5.11 Å². The maximum Gasteiger partial charge on any atom is 0.239 e. The minimum absolute atomic E-state index is 0.0634. The maximum atomic E-state index is 11.7. The van der Waals surface area contributed by atoms with Gasteiger partial charge in [0.2, 0.25) is 5.91 Å². The van der Waals surface area contributed by atoms with Gasteiger partial charge in [0.05, 0.1) is 6.04 Å². The summed E-state index contributed by atoms with van der Waals surface area (Å²) < 4.78 is 0. The molecular weight excluding hydrogens is 192 g/mol. The van der Waals surface area contributed by atoms with Crippen molar-refractivity contribution in [1.29, 1.82) is 0 Å². The van der Waals surface area contributed by atoms with Crippen LogP contribution in [0.2, 0.25) is 0 Å². The van der Waals surface area contributed by atoms with E-state index in [1.807, 2.05) is 7.05 Å². The smallest absolute Gasteiger partial charge is 0.239 e. The van der Waals surface area contributed by atoms with E-state index < -0.39 is 0 Å². The summed E-state index contributed by atoms with van der Waals surface area (Å²) in [7, 11) is 1.83. The lowest BCUT2D eigenvalue weighted by Crippen LogP contribution is -2.51. The lowest BCUT2D eigenvalue weighted by Gasteiger charge is -2.31. The number of hydrogen-bond donors (Lipinski definition) is 2. The molecule has 1 saturated heterocycles. The summed E-state index contributed by atoms with van der Waals surface area (Å²) in [5.74, 6) is 0.174. The fraction of sp³-hybridized carbons (Fsp3) is 0.909. The zero-order valence-corrected chi connectivity index (χ0v) is 9.92. The Bertz CT molecular complexity index is 233. The Morgan fingerprint density at radius 1 is 1.67 bits per heavy atom. The number of hydrogen-bond acceptors (Lipinski definition) is 3. The zero-order valence-electron chi connectivity index (χ0n) is 9.92. The van der Waals surface area contributed by atoms with E-state index in [1.165, 1.54) is 0 Å². The Morgan fingerprint density at radius 2 is 2.33 bits per heavy atom. The summed E-state index contributed by atoms with van der Waals surface area (Å²) in [6, 6.07) is -0.0634. The van der Waals surface area contributed by atoms with E-state index in [2.05, 4.69) is 19.2 Å². The zero-order chi connectivity index (χ0) is 11.5. The number of likely N-dealkylation sites (N-methyl/N-ethyl adjacent to an activating group) is 1. The third-order valence-corrected chi connectivity index (χ3v) is 3.39. The van der Waals surface area contributed by atoms with Crippen LogP contribution in [0, 0.1) is 0 Å². The lowest BCUT2D eigenvalue weighted by molar-refractivity contribution is -0.128. The number of carbonyl (C=O) groups is 1. The molecule has 1 amide bonds. The second-order valence-corrected chi connectivity index (χ2v) is 4.63. The van der Waals surface area contributed by atoms with Gasteiger partial charge >= 0.3 is 0 Å². The lowest BCUT2D eigenvalue weighted by atomic mass is 9.93. The van der Waals surface area contributed by atoms with Gasteiger partial charge < -0.3 is 15.3 Å². The number of likely N-dealkylation sites (tertiary alicyclic amines) is 1. The molecule has 0 aromatic carbocycles. The summed E-state index contributed by atoms with van der Waals surface area (Å²) in [6.45, 7) is 5.13. The minimum Gasteiger partial charge on any atom is -0.396 e. The van der Waals surface area contributed by atoms with Gasteiger partial charge in [0.15, 0.2) is 0 Å². The fourth-order valence-electron chi connectivity index (χ4n) is 1.97. The number of nitrogens with zero attached hydrogens (tertiary/aromatic N) is 1. The number of amides is 1. The Kier molecular flexibility index (Phi) is 4.11. The number of nitrogens with one attached hydrogen (secondary N) is 1. The van der Waals surface area contributed by atoms with Gasteiger partial charge in [-0.25, -0.2) is 0 Å². The summed E-state index contributed by atoms with van der Waals surface area (Å²) >= 11 is 0. The van der Waals surface area contributed by atoms with Gasteiger partial charge in [0.25, 0.3) is 0 Å². The second-order valence-electron chi connectivity index (χ2n) is 4.63. The SMILES string of the molecule is CCC(C)(CCO)NC1CCN(C)C1=O. The van der Waals surface area contributed by atoms with E-state index in [1.54, 1.807) is 4.90 Å². The molecule has 0 aliphatic carbocycles. The number of aliphatic hydroxyl groups excluding tert-OH is 1. The molecule has 1 fully saturated rings. The average Bonchev–Trinajstić information content (AvgIpc) is 2.50. The van der Waals surface area contributed by atoms with Gasteiger partial charge in [-0.15, -0.1) is 0 Å². The van der Waals surface area contributed by atoms with Gasteiger partial charge in [-0.2, -0.15) is 0 Å². The van der Waals surface area contributed by atoms with E-state index >= 15 is 0 Å². The summed E-state index contributed by atoms with van der Waals surface area (Å²) in [5.41, 5.74) is -0.125. The Labute approximate surface area is 91.6 Å². The summed E-state index contributed by atoms with van der Waals surface area (Å²) in [6.07, 6.45) is 2.48. The molecule has 4 heteroatoms. The molecule has 0 saturated carbocycles. The highest BCUT2D eigenvalue weighted by molar-refractivity contribution is 5.83. The highest BCUT2D eigenvalue weighted by Gasteiger charge is 2.34. The van der Waals surface area contributed by atoms with Crippen molar-refractivity contribution in [2.24, 2.45) is 0 Å². The molecule has 4 nitrogen and oxygen atoms in total. The van der Waals surface area contributed by atoms with Crippen LogP contribution in [0.4, 0.5) is 0 Å². The van der Waals surface area contributed by atoms with Gasteiger partial charge in [0, 0.05) is 25.7 Å². The van der Waals surface area contributed by atoms with Gasteiger partial charge in [-0.05, 0) is 26.2 Å². The highest BCUT2D eigenvalue weighted by Crippen LogP contribution is 2.18. The first-order valence-corrected chi connectivity index (χ1v) is 5.66. The van der Waals surface area contributed by atoms with Crippen molar-refractivity contribution in [3.63, 3.8) is 0 Å². The first-order chi connectivity index (χ1) is 7.02. The number of carbonyl (C=O) groups excluding carboxylic acids is 1. The van der Waals surface area contributed by atoms with Crippen LogP contribution in [0.15, 0.2) is 0 Å². The predicted octanol–water partition coefficient (Wildman–Crippen LogP) is 0.358. The fourth-order valence-corrected chi connectivity index (χ4v) is 1.97. The molecule has 2 unspecified atom stereocenters. The molecular formula is C11H22N2O2. The molecule has 0 radical (unpaired) electrons. The van der Waals surface area contributed by atoms with Crippen molar-refractivity contribution in [3.05, 3.63) is 0 Å². The van der Waals surface area contributed by atoms with E-state index in [0.29, 0.717) is 6.42 Å². The van der Waals surface area contributed by atoms with Crippen LogP contribution in [-0.2, 0) is 4.79 Å². The summed E-state index contributed by atoms with van der Waals surface area (Å²) in [5, 5.41) is 12.4. The Morgan fingerprint density at radius 3 is 2.73 bits per heavy atom. The standard InChI is InChI=1S/C11H22N2O2/c1-4-11(2,6-8-14)12-9-5-7-13(3)10(9)15/h9,12,14H,4-8H2,1-3H3. The Hall–Kier alpha value is -0.610. The van der Waals surface area contributed by atoms with E-state index in [9.17, 15) is 4.79 Å². The van der Waals surface area contributed by atoms with E-state index in [-0.39, 0.29) is 24.1 Å². The number of rotatable bonds is 5. The highest BCUT2D eigenvalue weighted by atomic mass is 16.3. The van der Waals surface area contributed by atoms with Crippen LogP contribution in [-0.4, -0.2) is 47.7 Å². The van der Waals surface area contributed by atoms with Crippen LogP contribution in [0.3, 0.4) is 0 Å². The molecule has 2 atom stereocenters. The third kappa shape index (κ3) is 2.92. The van der Waals surface area contributed by atoms with Gasteiger partial charge in [-0.3, -0.25) is 4.79 Å². The quantitative estimate of drug-likeness (QED) is 0.694. The van der Waals surface area contributed by atoms with Crippen molar-refractivity contribution in [1.82, 2.24) is 10.2 Å². The van der Waals surface area contributed by atoms with Crippen molar-refractivity contribution >= 4 is 5.91 Å². The normalized spacial score (nSPS) is 25.7. The summed E-state index contributed by atoms with van der Waals surface area (Å²) in [4.78, 5) is 13.5. The molecule has 1 rings (SSSR count). The van der Waals surface area contributed by atoms with Crippen LogP contribution >= 0.6 is 0 Å².